The van der Waals surface area contributed by atoms with Crippen LogP contribution in [0.15, 0.2) is 48.5 Å². The van der Waals surface area contributed by atoms with E-state index in [0.29, 0.717) is 12.2 Å². The second-order valence-electron chi connectivity index (χ2n) is 7.16. The van der Waals surface area contributed by atoms with Gasteiger partial charge in [0.15, 0.2) is 0 Å². The highest BCUT2D eigenvalue weighted by Gasteiger charge is 2.23. The lowest BCUT2D eigenvalue weighted by atomic mass is 9.93. The van der Waals surface area contributed by atoms with Crippen LogP contribution in [0.5, 0.6) is 11.5 Å². The number of hydrogen-bond acceptors (Lipinski definition) is 5. The first-order valence-corrected chi connectivity index (χ1v) is 10.2. The summed E-state index contributed by atoms with van der Waals surface area (Å²) in [7, 11) is 1.60. The summed E-state index contributed by atoms with van der Waals surface area (Å²) < 4.78 is 16.1. The summed E-state index contributed by atoms with van der Waals surface area (Å²) in [5, 5.41) is 5.86. The topological polar surface area (TPSA) is 85.9 Å². The highest BCUT2D eigenvalue weighted by atomic mass is 16.5. The molecule has 30 heavy (non-hydrogen) atoms. The third kappa shape index (κ3) is 6.14. The normalized spacial score (nSPS) is 18.2. The number of amides is 2. The summed E-state index contributed by atoms with van der Waals surface area (Å²) in [4.78, 5) is 23.9. The maximum Gasteiger partial charge on any atom is 0.338 e. The number of ether oxygens (including phenoxy) is 3. The van der Waals surface area contributed by atoms with Crippen molar-refractivity contribution in [2.24, 2.45) is 0 Å². The zero-order valence-electron chi connectivity index (χ0n) is 17.4. The van der Waals surface area contributed by atoms with Gasteiger partial charge >= 0.3 is 12.0 Å². The molecular formula is C23H28N2O5. The summed E-state index contributed by atoms with van der Waals surface area (Å²) in [6.45, 7) is 2.13. The number of nitrogens with one attached hydrogen (secondary N) is 2. The maximum absolute atomic E-state index is 12.2. The van der Waals surface area contributed by atoms with E-state index in [1.165, 1.54) is 0 Å². The highest BCUT2D eigenvalue weighted by Crippen LogP contribution is 2.24. The van der Waals surface area contributed by atoms with Gasteiger partial charge in [0.1, 0.15) is 11.5 Å². The molecule has 7 nitrogen and oxygen atoms in total. The lowest BCUT2D eigenvalue weighted by molar-refractivity contribution is 0.0526. The third-order valence-corrected chi connectivity index (χ3v) is 5.03. The number of carbonyl (C=O) groups excluding carboxylic acids is 2. The largest absolute Gasteiger partial charge is 0.497 e. The van der Waals surface area contributed by atoms with Crippen LogP contribution in [0.4, 0.5) is 10.5 Å². The third-order valence-electron chi connectivity index (χ3n) is 5.03. The van der Waals surface area contributed by atoms with Crippen LogP contribution < -0.4 is 20.1 Å². The van der Waals surface area contributed by atoms with Gasteiger partial charge in [-0.3, -0.25) is 0 Å². The van der Waals surface area contributed by atoms with Crippen LogP contribution >= 0.6 is 0 Å². The molecule has 2 N–H and O–H groups in total. The predicted octanol–water partition coefficient (Wildman–Crippen LogP) is 4.38. The molecule has 0 aliphatic heterocycles. The van der Waals surface area contributed by atoms with Crippen molar-refractivity contribution in [3.63, 3.8) is 0 Å². The van der Waals surface area contributed by atoms with E-state index >= 15 is 0 Å². The summed E-state index contributed by atoms with van der Waals surface area (Å²) >= 11 is 0. The molecule has 1 aliphatic rings. The molecular weight excluding hydrogens is 384 g/mol. The molecule has 1 saturated carbocycles. The van der Waals surface area contributed by atoms with Crippen molar-refractivity contribution >= 4 is 17.7 Å². The van der Waals surface area contributed by atoms with Crippen molar-refractivity contribution in [3.05, 3.63) is 54.1 Å². The van der Waals surface area contributed by atoms with Crippen molar-refractivity contribution < 1.29 is 23.8 Å². The van der Waals surface area contributed by atoms with E-state index in [4.69, 9.17) is 14.2 Å². The molecule has 0 spiro atoms. The molecule has 3 rings (SSSR count). The molecule has 0 bridgehead atoms. The summed E-state index contributed by atoms with van der Waals surface area (Å²) in [5.74, 6) is 1.15. The first kappa shape index (κ1) is 21.5. The van der Waals surface area contributed by atoms with Gasteiger partial charge in [-0.05, 0) is 81.1 Å². The van der Waals surface area contributed by atoms with E-state index < -0.39 is 0 Å². The Morgan fingerprint density at radius 1 is 0.933 bits per heavy atom. The van der Waals surface area contributed by atoms with Crippen LogP contribution in [0.1, 0.15) is 43.0 Å². The Labute approximate surface area is 176 Å². The predicted molar refractivity (Wildman–Crippen MR) is 114 cm³/mol. The number of esters is 1. The molecule has 1 fully saturated rings. The minimum absolute atomic E-state index is 0.0983. The van der Waals surface area contributed by atoms with Crippen molar-refractivity contribution in [1.82, 2.24) is 5.32 Å². The van der Waals surface area contributed by atoms with Crippen molar-refractivity contribution in [2.45, 2.75) is 44.8 Å². The SMILES string of the molecule is CCOC(=O)c1ccc(O[C@H]2CC[C@@H](NC(=O)Nc3ccc(OC)cc3)CC2)cc1. The molecule has 0 heterocycles. The Bertz CT molecular complexity index is 828. The lowest BCUT2D eigenvalue weighted by Crippen LogP contribution is -2.41. The molecule has 2 amide bonds. The Balaban J connectivity index is 1.41. The summed E-state index contributed by atoms with van der Waals surface area (Å²) in [6.07, 6.45) is 3.50. The van der Waals surface area contributed by atoms with Crippen LogP contribution in [0.3, 0.4) is 0 Å². The average Bonchev–Trinajstić information content (AvgIpc) is 2.76. The van der Waals surface area contributed by atoms with Gasteiger partial charge in [-0.25, -0.2) is 9.59 Å². The average molecular weight is 412 g/mol. The van der Waals surface area contributed by atoms with Crippen LogP contribution in [0, 0.1) is 0 Å². The number of urea groups is 1. The van der Waals surface area contributed by atoms with Gasteiger partial charge in [0.25, 0.3) is 0 Å². The molecule has 0 atom stereocenters. The number of carbonyl (C=O) groups is 2. The zero-order chi connectivity index (χ0) is 21.3. The van der Waals surface area contributed by atoms with Crippen LogP contribution in [0.25, 0.3) is 0 Å². The number of anilines is 1. The second kappa shape index (κ2) is 10.5. The Morgan fingerprint density at radius 3 is 2.17 bits per heavy atom. The van der Waals surface area contributed by atoms with Gasteiger partial charge in [-0.15, -0.1) is 0 Å². The number of rotatable bonds is 7. The first-order chi connectivity index (χ1) is 14.6. The Kier molecular flexibility index (Phi) is 7.54. The molecule has 0 unspecified atom stereocenters. The van der Waals surface area contributed by atoms with Crippen molar-refractivity contribution in [3.8, 4) is 11.5 Å². The van der Waals surface area contributed by atoms with E-state index in [9.17, 15) is 9.59 Å². The van der Waals surface area contributed by atoms with E-state index in [1.54, 1.807) is 62.6 Å². The van der Waals surface area contributed by atoms with Crippen molar-refractivity contribution in [1.29, 1.82) is 0 Å². The minimum Gasteiger partial charge on any atom is -0.497 e. The Hall–Kier alpha value is -3.22. The molecule has 2 aromatic rings. The highest BCUT2D eigenvalue weighted by molar-refractivity contribution is 5.90. The fraction of sp³-hybridized carbons (Fsp3) is 0.391. The number of hydrogen-bond donors (Lipinski definition) is 2. The Morgan fingerprint density at radius 2 is 1.57 bits per heavy atom. The standard InChI is InChI=1S/C23H28N2O5/c1-3-29-22(26)16-4-10-20(11-5-16)30-21-14-8-18(9-15-21)25-23(27)24-17-6-12-19(28-2)13-7-17/h4-7,10-13,18,21H,3,8-9,14-15H2,1-2H3,(H2,24,25,27)/t18-,21+. The molecule has 0 saturated heterocycles. The smallest absolute Gasteiger partial charge is 0.338 e. The zero-order valence-corrected chi connectivity index (χ0v) is 17.4. The van der Waals surface area contributed by atoms with E-state index in [2.05, 4.69) is 10.6 Å². The molecule has 160 valence electrons. The van der Waals surface area contributed by atoms with Gasteiger partial charge < -0.3 is 24.8 Å². The first-order valence-electron chi connectivity index (χ1n) is 10.2. The van der Waals surface area contributed by atoms with Gasteiger partial charge in [0.05, 0.1) is 25.4 Å². The van der Waals surface area contributed by atoms with E-state index in [0.717, 1.165) is 42.9 Å². The van der Waals surface area contributed by atoms with Gasteiger partial charge in [0.2, 0.25) is 0 Å². The fourth-order valence-electron chi connectivity index (χ4n) is 3.43. The second-order valence-corrected chi connectivity index (χ2v) is 7.16. The number of benzene rings is 2. The monoisotopic (exact) mass is 412 g/mol. The molecule has 1 aliphatic carbocycles. The summed E-state index contributed by atoms with van der Waals surface area (Å²) in [6, 6.07) is 14.1. The summed E-state index contributed by atoms with van der Waals surface area (Å²) in [5.41, 5.74) is 1.23. The van der Waals surface area contributed by atoms with Crippen LogP contribution in [-0.2, 0) is 4.74 Å². The quantitative estimate of drug-likeness (QED) is 0.659. The molecule has 0 radical (unpaired) electrons. The molecule has 2 aromatic carbocycles. The molecule has 0 aromatic heterocycles. The van der Waals surface area contributed by atoms with Gasteiger partial charge in [-0.2, -0.15) is 0 Å². The number of methoxy groups -OCH3 is 1. The van der Waals surface area contributed by atoms with Gasteiger partial charge in [0, 0.05) is 11.7 Å². The van der Waals surface area contributed by atoms with Crippen LogP contribution in [0.2, 0.25) is 0 Å². The van der Waals surface area contributed by atoms with Crippen molar-refractivity contribution in [2.75, 3.05) is 19.0 Å². The fourth-order valence-corrected chi connectivity index (χ4v) is 3.43. The lowest BCUT2D eigenvalue weighted by Gasteiger charge is -2.29. The minimum atomic E-state index is -0.330. The van der Waals surface area contributed by atoms with Gasteiger partial charge in [-0.1, -0.05) is 0 Å². The van der Waals surface area contributed by atoms with E-state index in [1.807, 2.05) is 0 Å². The maximum atomic E-state index is 12.2. The van der Waals surface area contributed by atoms with Crippen LogP contribution in [-0.4, -0.2) is 37.9 Å². The molecule has 7 heteroatoms. The van der Waals surface area contributed by atoms with E-state index in [-0.39, 0.29) is 24.1 Å².